The third kappa shape index (κ3) is 3.06. The van der Waals surface area contributed by atoms with Crippen molar-refractivity contribution in [3.63, 3.8) is 0 Å². The average Bonchev–Trinajstić information content (AvgIpc) is 3.07. The zero-order valence-corrected chi connectivity index (χ0v) is 11.9. The summed E-state index contributed by atoms with van der Waals surface area (Å²) in [6.45, 7) is 0. The summed E-state index contributed by atoms with van der Waals surface area (Å²) < 4.78 is 1.96. The fourth-order valence-electron chi connectivity index (χ4n) is 2.33. The second kappa shape index (κ2) is 5.88. The van der Waals surface area contributed by atoms with Crippen molar-refractivity contribution in [3.8, 4) is 0 Å². The Hall–Kier alpha value is -1.14. The first kappa shape index (κ1) is 12.9. The first-order valence-corrected chi connectivity index (χ1v) is 7.71. The van der Waals surface area contributed by atoms with E-state index in [1.807, 2.05) is 16.8 Å². The average molecular weight is 296 g/mol. The highest BCUT2D eigenvalue weighted by Crippen LogP contribution is 2.32. The molecule has 0 saturated heterocycles. The highest BCUT2D eigenvalue weighted by atomic mass is 35.5. The number of pyridine rings is 1. The summed E-state index contributed by atoms with van der Waals surface area (Å²) in [7, 11) is 0. The van der Waals surface area contributed by atoms with Crippen molar-refractivity contribution in [2.24, 2.45) is 0 Å². The molecule has 2 heterocycles. The Morgan fingerprint density at radius 3 is 2.95 bits per heavy atom. The zero-order valence-electron chi connectivity index (χ0n) is 10.4. The lowest BCUT2D eigenvalue weighted by Gasteiger charge is -2.10. The van der Waals surface area contributed by atoms with E-state index in [0.717, 1.165) is 16.6 Å². The van der Waals surface area contributed by atoms with Crippen molar-refractivity contribution in [2.75, 3.05) is 0 Å². The molecule has 1 aliphatic rings. The lowest BCUT2D eigenvalue weighted by Crippen LogP contribution is -2.08. The van der Waals surface area contributed by atoms with Crippen molar-refractivity contribution in [1.82, 2.24) is 25.2 Å². The number of hydrogen-bond acceptors (Lipinski definition) is 5. The fraction of sp³-hybridized carbons (Fsp3) is 0.500. The molecule has 2 aromatic heterocycles. The predicted molar refractivity (Wildman–Crippen MR) is 74.1 cm³/mol. The van der Waals surface area contributed by atoms with E-state index < -0.39 is 0 Å². The van der Waals surface area contributed by atoms with E-state index in [0.29, 0.717) is 11.2 Å². The van der Waals surface area contributed by atoms with Gasteiger partial charge in [0.1, 0.15) is 5.15 Å². The summed E-state index contributed by atoms with van der Waals surface area (Å²) in [5.41, 5.74) is 0.943. The Morgan fingerprint density at radius 1 is 1.32 bits per heavy atom. The third-order valence-electron chi connectivity index (χ3n) is 3.26. The summed E-state index contributed by atoms with van der Waals surface area (Å²) >= 11 is 7.48. The Kier molecular flexibility index (Phi) is 3.98. The van der Waals surface area contributed by atoms with Crippen LogP contribution in [0.15, 0.2) is 23.4 Å². The minimum Gasteiger partial charge on any atom is -0.240 e. The van der Waals surface area contributed by atoms with E-state index in [1.165, 1.54) is 25.7 Å². The third-order valence-corrected chi connectivity index (χ3v) is 4.43. The Balaban J connectivity index is 1.68. The van der Waals surface area contributed by atoms with Gasteiger partial charge in [-0.1, -0.05) is 42.3 Å². The number of halogens is 1. The maximum atomic E-state index is 5.87. The van der Waals surface area contributed by atoms with Gasteiger partial charge in [0.15, 0.2) is 0 Å². The normalized spacial score (nSPS) is 16.1. The Bertz CT molecular complexity index is 553. The molecular weight excluding hydrogens is 282 g/mol. The monoisotopic (exact) mass is 295 g/mol. The first-order chi connectivity index (χ1) is 9.33. The minimum absolute atomic E-state index is 0.463. The van der Waals surface area contributed by atoms with Crippen molar-refractivity contribution < 1.29 is 0 Å². The van der Waals surface area contributed by atoms with Crippen molar-refractivity contribution in [3.05, 3.63) is 29.0 Å². The van der Waals surface area contributed by atoms with Crippen LogP contribution in [0.5, 0.6) is 0 Å². The fourth-order valence-corrected chi connectivity index (χ4v) is 3.36. The quantitative estimate of drug-likeness (QED) is 0.641. The van der Waals surface area contributed by atoms with Gasteiger partial charge in [-0.05, 0) is 35.4 Å². The van der Waals surface area contributed by atoms with Crippen LogP contribution in [0.1, 0.15) is 37.4 Å². The summed E-state index contributed by atoms with van der Waals surface area (Å²) in [4.78, 5) is 4.27. The Morgan fingerprint density at radius 2 is 2.16 bits per heavy atom. The molecule has 100 valence electrons. The molecule has 1 saturated carbocycles. The molecule has 0 spiro atoms. The molecule has 3 rings (SSSR count). The van der Waals surface area contributed by atoms with E-state index in [4.69, 9.17) is 11.6 Å². The maximum absolute atomic E-state index is 5.87. The lowest BCUT2D eigenvalue weighted by atomic mass is 10.3. The van der Waals surface area contributed by atoms with E-state index in [-0.39, 0.29) is 0 Å². The predicted octanol–water partition coefficient (Wildman–Crippen LogP) is 3.13. The number of tetrazole rings is 1. The summed E-state index contributed by atoms with van der Waals surface area (Å²) in [5, 5.41) is 13.4. The number of hydrogen-bond donors (Lipinski definition) is 0. The summed E-state index contributed by atoms with van der Waals surface area (Å²) in [6, 6.07) is 6.11. The van der Waals surface area contributed by atoms with Crippen LogP contribution in [0.2, 0.25) is 5.15 Å². The van der Waals surface area contributed by atoms with Crippen LogP contribution in [0, 0.1) is 0 Å². The number of rotatable bonds is 4. The van der Waals surface area contributed by atoms with Gasteiger partial charge in [-0.25, -0.2) is 9.67 Å². The van der Waals surface area contributed by atoms with E-state index in [1.54, 1.807) is 17.8 Å². The minimum atomic E-state index is 0.463. The zero-order chi connectivity index (χ0) is 13.1. The second-order valence-electron chi connectivity index (χ2n) is 4.58. The van der Waals surface area contributed by atoms with Crippen LogP contribution in [-0.2, 0) is 5.75 Å². The molecule has 0 amide bonds. The van der Waals surface area contributed by atoms with Gasteiger partial charge < -0.3 is 0 Å². The first-order valence-electron chi connectivity index (χ1n) is 6.35. The molecule has 7 heteroatoms. The molecule has 0 unspecified atom stereocenters. The van der Waals surface area contributed by atoms with Crippen molar-refractivity contribution in [2.45, 2.75) is 42.6 Å². The maximum Gasteiger partial charge on any atom is 0.209 e. The van der Waals surface area contributed by atoms with Crippen molar-refractivity contribution in [1.29, 1.82) is 0 Å². The number of nitrogens with zero attached hydrogens (tertiary/aromatic N) is 5. The lowest BCUT2D eigenvalue weighted by molar-refractivity contribution is 0.423. The van der Waals surface area contributed by atoms with Crippen LogP contribution in [-0.4, -0.2) is 25.2 Å². The van der Waals surface area contributed by atoms with Crippen LogP contribution in [0.25, 0.3) is 0 Å². The molecule has 0 N–H and O–H groups in total. The smallest absolute Gasteiger partial charge is 0.209 e. The molecule has 0 radical (unpaired) electrons. The molecule has 0 bridgehead atoms. The van der Waals surface area contributed by atoms with Gasteiger partial charge in [-0.2, -0.15) is 0 Å². The van der Waals surface area contributed by atoms with Gasteiger partial charge in [0.05, 0.1) is 11.7 Å². The topological polar surface area (TPSA) is 56.5 Å². The Labute approximate surface area is 120 Å². The van der Waals surface area contributed by atoms with Crippen LogP contribution < -0.4 is 0 Å². The van der Waals surface area contributed by atoms with Crippen LogP contribution in [0.3, 0.4) is 0 Å². The highest BCUT2D eigenvalue weighted by molar-refractivity contribution is 7.98. The van der Waals surface area contributed by atoms with Crippen molar-refractivity contribution >= 4 is 23.4 Å². The van der Waals surface area contributed by atoms with E-state index >= 15 is 0 Å². The van der Waals surface area contributed by atoms with Crippen LogP contribution >= 0.6 is 23.4 Å². The summed E-state index contributed by atoms with van der Waals surface area (Å²) in [6.07, 6.45) is 4.89. The van der Waals surface area contributed by atoms with Gasteiger partial charge in [0.2, 0.25) is 5.16 Å². The number of thioether (sulfide) groups is 1. The second-order valence-corrected chi connectivity index (χ2v) is 5.91. The highest BCUT2D eigenvalue weighted by Gasteiger charge is 2.21. The molecule has 1 aliphatic carbocycles. The molecular formula is C12H14ClN5S. The summed E-state index contributed by atoms with van der Waals surface area (Å²) in [5.74, 6) is 0.730. The van der Waals surface area contributed by atoms with Gasteiger partial charge in [-0.3, -0.25) is 0 Å². The number of aromatic nitrogens is 5. The van der Waals surface area contributed by atoms with Gasteiger partial charge in [-0.15, -0.1) is 5.10 Å². The molecule has 0 aliphatic heterocycles. The van der Waals surface area contributed by atoms with E-state index in [2.05, 4.69) is 20.5 Å². The molecule has 2 aromatic rings. The molecule has 0 atom stereocenters. The van der Waals surface area contributed by atoms with Gasteiger partial charge >= 0.3 is 0 Å². The van der Waals surface area contributed by atoms with Gasteiger partial charge in [0, 0.05) is 5.75 Å². The molecule has 5 nitrogen and oxygen atoms in total. The SMILES string of the molecule is Clc1cccc(CSc2nnnn2C2CCCC2)n1. The molecule has 19 heavy (non-hydrogen) atoms. The standard InChI is InChI=1S/C12H14ClN5S/c13-11-7-3-4-9(14-11)8-19-12-15-16-17-18(12)10-5-1-2-6-10/h3-4,7,10H,1-2,5-6,8H2. The molecule has 1 fully saturated rings. The van der Waals surface area contributed by atoms with Crippen LogP contribution in [0.4, 0.5) is 0 Å². The molecule has 0 aromatic carbocycles. The van der Waals surface area contributed by atoms with E-state index in [9.17, 15) is 0 Å². The van der Waals surface area contributed by atoms with Gasteiger partial charge in [0.25, 0.3) is 0 Å². The largest absolute Gasteiger partial charge is 0.240 e.